The van der Waals surface area contributed by atoms with Gasteiger partial charge in [-0.1, -0.05) is 34.1 Å². The van der Waals surface area contributed by atoms with Crippen LogP contribution in [0.2, 0.25) is 0 Å². The molecule has 0 bridgehead atoms. The predicted octanol–water partition coefficient (Wildman–Crippen LogP) is 5.85. The Balaban J connectivity index is 2.56. The molecule has 0 aliphatic heterocycles. The van der Waals surface area contributed by atoms with E-state index in [1.165, 1.54) is 0 Å². The van der Waals surface area contributed by atoms with E-state index in [-0.39, 0.29) is 10.6 Å². The predicted molar refractivity (Wildman–Crippen MR) is 92.1 cm³/mol. The van der Waals surface area contributed by atoms with Gasteiger partial charge in [-0.3, -0.25) is 0 Å². The van der Waals surface area contributed by atoms with E-state index in [1.807, 2.05) is 12.1 Å². The molecular formula is C15H12Br3FO2. The maximum atomic E-state index is 14.3. The minimum absolute atomic E-state index is 0.298. The standard InChI is InChI=1S/C15H12Br3FO2/c1-20-11-7-6-9(15(21-2)13(11)18)12(17)8-4-3-5-10(16)14(8)19/h3-7,12H,1-2H3. The first kappa shape index (κ1) is 16.8. The topological polar surface area (TPSA) is 18.5 Å². The van der Waals surface area contributed by atoms with Crippen molar-refractivity contribution in [3.05, 3.63) is 56.2 Å². The van der Waals surface area contributed by atoms with E-state index in [0.717, 1.165) is 5.56 Å². The maximum absolute atomic E-state index is 14.3. The van der Waals surface area contributed by atoms with E-state index in [9.17, 15) is 4.39 Å². The molecule has 0 aliphatic rings. The highest BCUT2D eigenvalue weighted by atomic mass is 79.9. The van der Waals surface area contributed by atoms with Crippen LogP contribution in [0.4, 0.5) is 4.39 Å². The Morgan fingerprint density at radius 2 is 1.71 bits per heavy atom. The lowest BCUT2D eigenvalue weighted by atomic mass is 10.0. The molecule has 0 aromatic heterocycles. The molecule has 0 saturated heterocycles. The fourth-order valence-corrected chi connectivity index (χ4v) is 3.78. The fraction of sp³-hybridized carbons (Fsp3) is 0.200. The number of hydrogen-bond acceptors (Lipinski definition) is 2. The SMILES string of the molecule is COc1ccc(C(Br)c2cccc(Br)c2F)c(OC)c1Br. The minimum atomic E-state index is -0.341. The molecule has 112 valence electrons. The highest BCUT2D eigenvalue weighted by molar-refractivity contribution is 9.11. The summed E-state index contributed by atoms with van der Waals surface area (Å²) in [6.07, 6.45) is 0. The first-order chi connectivity index (χ1) is 10.0. The van der Waals surface area contributed by atoms with Crippen LogP contribution >= 0.6 is 47.8 Å². The minimum Gasteiger partial charge on any atom is -0.495 e. The number of benzene rings is 2. The summed E-state index contributed by atoms with van der Waals surface area (Å²) < 4.78 is 26.1. The molecule has 0 fully saturated rings. The lowest BCUT2D eigenvalue weighted by Gasteiger charge is -2.18. The highest BCUT2D eigenvalue weighted by Crippen LogP contribution is 2.45. The fourth-order valence-electron chi connectivity index (χ4n) is 2.00. The molecule has 1 atom stereocenters. The van der Waals surface area contributed by atoms with Gasteiger partial charge in [0, 0.05) is 11.1 Å². The van der Waals surface area contributed by atoms with E-state index in [4.69, 9.17) is 9.47 Å². The van der Waals surface area contributed by atoms with Crippen molar-refractivity contribution in [3.8, 4) is 11.5 Å². The molecule has 0 saturated carbocycles. The van der Waals surface area contributed by atoms with Gasteiger partial charge in [0.15, 0.2) is 0 Å². The number of ether oxygens (including phenoxy) is 2. The van der Waals surface area contributed by atoms with Crippen molar-refractivity contribution in [2.45, 2.75) is 4.83 Å². The van der Waals surface area contributed by atoms with Crippen LogP contribution in [0.15, 0.2) is 39.3 Å². The summed E-state index contributed by atoms with van der Waals surface area (Å²) in [7, 11) is 3.15. The average molecular weight is 483 g/mol. The van der Waals surface area contributed by atoms with Crippen LogP contribution in [0.25, 0.3) is 0 Å². The van der Waals surface area contributed by atoms with Crippen LogP contribution in [0.1, 0.15) is 16.0 Å². The maximum Gasteiger partial charge on any atom is 0.142 e. The van der Waals surface area contributed by atoms with E-state index in [0.29, 0.717) is 26.0 Å². The zero-order valence-electron chi connectivity index (χ0n) is 11.3. The number of rotatable bonds is 4. The van der Waals surface area contributed by atoms with Gasteiger partial charge >= 0.3 is 0 Å². The summed E-state index contributed by atoms with van der Waals surface area (Å²) in [5.74, 6) is 0.967. The third-order valence-electron chi connectivity index (χ3n) is 3.04. The number of hydrogen-bond donors (Lipinski definition) is 0. The number of alkyl halides is 1. The average Bonchev–Trinajstić information content (AvgIpc) is 2.49. The van der Waals surface area contributed by atoms with Gasteiger partial charge in [-0.15, -0.1) is 0 Å². The second kappa shape index (κ2) is 7.11. The Kier molecular flexibility index (Phi) is 5.68. The van der Waals surface area contributed by atoms with Crippen molar-refractivity contribution in [1.29, 1.82) is 0 Å². The van der Waals surface area contributed by atoms with Crippen LogP contribution in [0.5, 0.6) is 11.5 Å². The number of methoxy groups -OCH3 is 2. The van der Waals surface area contributed by atoms with E-state index >= 15 is 0 Å². The van der Waals surface area contributed by atoms with Crippen molar-refractivity contribution in [3.63, 3.8) is 0 Å². The molecule has 21 heavy (non-hydrogen) atoms. The van der Waals surface area contributed by atoms with E-state index in [2.05, 4.69) is 47.8 Å². The third-order valence-corrected chi connectivity index (χ3v) is 5.39. The summed E-state index contributed by atoms with van der Waals surface area (Å²) in [4.78, 5) is -0.341. The molecule has 0 heterocycles. The van der Waals surface area contributed by atoms with Crippen molar-refractivity contribution in [1.82, 2.24) is 0 Å². The molecule has 2 aromatic carbocycles. The van der Waals surface area contributed by atoms with Crippen molar-refractivity contribution in [2.24, 2.45) is 0 Å². The molecule has 0 radical (unpaired) electrons. The quantitative estimate of drug-likeness (QED) is 0.509. The van der Waals surface area contributed by atoms with Gasteiger partial charge in [-0.05, 0) is 44.0 Å². The van der Waals surface area contributed by atoms with E-state index < -0.39 is 0 Å². The van der Waals surface area contributed by atoms with Crippen LogP contribution in [-0.4, -0.2) is 14.2 Å². The van der Waals surface area contributed by atoms with Crippen molar-refractivity contribution < 1.29 is 13.9 Å². The van der Waals surface area contributed by atoms with E-state index in [1.54, 1.807) is 32.4 Å². The normalized spacial score (nSPS) is 12.1. The zero-order valence-corrected chi connectivity index (χ0v) is 16.1. The van der Waals surface area contributed by atoms with Gasteiger partial charge in [0.2, 0.25) is 0 Å². The molecule has 0 amide bonds. The molecule has 0 aliphatic carbocycles. The summed E-state index contributed by atoms with van der Waals surface area (Å²) in [6, 6.07) is 8.85. The smallest absolute Gasteiger partial charge is 0.142 e. The third kappa shape index (κ3) is 3.27. The molecule has 2 aromatic rings. The second-order valence-electron chi connectivity index (χ2n) is 4.21. The molecule has 0 N–H and O–H groups in total. The Hall–Kier alpha value is -0.590. The van der Waals surface area contributed by atoms with Gasteiger partial charge in [0.25, 0.3) is 0 Å². The Morgan fingerprint density at radius 1 is 1.00 bits per heavy atom. The Bertz CT molecular complexity index is 662. The summed E-state index contributed by atoms with van der Waals surface area (Å²) in [6.45, 7) is 0. The number of halogens is 4. The summed E-state index contributed by atoms with van der Waals surface area (Å²) in [5.41, 5.74) is 1.34. The van der Waals surface area contributed by atoms with Crippen LogP contribution in [0, 0.1) is 5.82 Å². The lowest BCUT2D eigenvalue weighted by molar-refractivity contribution is 0.386. The van der Waals surface area contributed by atoms with Crippen LogP contribution < -0.4 is 9.47 Å². The van der Waals surface area contributed by atoms with Gasteiger partial charge in [-0.2, -0.15) is 0 Å². The first-order valence-electron chi connectivity index (χ1n) is 5.99. The summed E-state index contributed by atoms with van der Waals surface area (Å²) >= 11 is 10.2. The van der Waals surface area contributed by atoms with Crippen molar-refractivity contribution >= 4 is 47.8 Å². The van der Waals surface area contributed by atoms with Gasteiger partial charge < -0.3 is 9.47 Å². The first-order valence-corrected chi connectivity index (χ1v) is 8.49. The molecule has 1 unspecified atom stereocenters. The van der Waals surface area contributed by atoms with Gasteiger partial charge in [0.1, 0.15) is 21.8 Å². The Morgan fingerprint density at radius 3 is 2.33 bits per heavy atom. The second-order valence-corrected chi connectivity index (χ2v) is 6.77. The molecule has 2 nitrogen and oxygen atoms in total. The summed E-state index contributed by atoms with van der Waals surface area (Å²) in [5, 5.41) is 0. The molecule has 2 rings (SSSR count). The van der Waals surface area contributed by atoms with Crippen LogP contribution in [-0.2, 0) is 0 Å². The molecule has 6 heteroatoms. The largest absolute Gasteiger partial charge is 0.495 e. The Labute approximate surface area is 148 Å². The van der Waals surface area contributed by atoms with Crippen molar-refractivity contribution in [2.75, 3.05) is 14.2 Å². The zero-order chi connectivity index (χ0) is 15.6. The van der Waals surface area contributed by atoms with Gasteiger partial charge in [0.05, 0.1) is 23.5 Å². The molecule has 0 spiro atoms. The highest BCUT2D eigenvalue weighted by Gasteiger charge is 2.22. The lowest BCUT2D eigenvalue weighted by Crippen LogP contribution is -2.01. The monoisotopic (exact) mass is 480 g/mol. The van der Waals surface area contributed by atoms with Gasteiger partial charge in [-0.25, -0.2) is 4.39 Å². The molecular weight excluding hydrogens is 471 g/mol. The van der Waals surface area contributed by atoms with Crippen LogP contribution in [0.3, 0.4) is 0 Å².